The number of hydrogen-bond acceptors (Lipinski definition) is 3. The maximum Gasteiger partial charge on any atom is 0.249 e. The molecule has 0 unspecified atom stereocenters. The van der Waals surface area contributed by atoms with E-state index in [0.717, 1.165) is 0 Å². The lowest BCUT2D eigenvalue weighted by Crippen LogP contribution is -2.43. The van der Waals surface area contributed by atoms with Crippen molar-refractivity contribution < 1.29 is 0 Å². The standard InChI is InChI=1S/C10H15NO2/c1-5-11-7-6(10(2,3)4)8(12)9(7)13/h11H,5H2,1-4H3. The van der Waals surface area contributed by atoms with Gasteiger partial charge in [-0.15, -0.1) is 0 Å². The molecule has 0 aromatic heterocycles. The fraction of sp³-hybridized carbons (Fsp3) is 0.600. The highest BCUT2D eigenvalue weighted by Crippen LogP contribution is 2.25. The van der Waals surface area contributed by atoms with Gasteiger partial charge in [0.05, 0.1) is 5.69 Å². The van der Waals surface area contributed by atoms with E-state index in [1.807, 2.05) is 27.7 Å². The van der Waals surface area contributed by atoms with Crippen LogP contribution >= 0.6 is 0 Å². The van der Waals surface area contributed by atoms with Crippen LogP contribution in [0.2, 0.25) is 0 Å². The predicted octanol–water partition coefficient (Wildman–Crippen LogP) is 1.01. The maximum absolute atomic E-state index is 11.2. The monoisotopic (exact) mass is 181 g/mol. The summed E-state index contributed by atoms with van der Waals surface area (Å²) < 4.78 is 0. The Kier molecular flexibility index (Phi) is 2.28. The van der Waals surface area contributed by atoms with Gasteiger partial charge in [0.15, 0.2) is 0 Å². The van der Waals surface area contributed by atoms with Crippen molar-refractivity contribution in [3.63, 3.8) is 0 Å². The Morgan fingerprint density at radius 2 is 1.69 bits per heavy atom. The molecular weight excluding hydrogens is 166 g/mol. The van der Waals surface area contributed by atoms with Gasteiger partial charge < -0.3 is 5.32 Å². The molecule has 0 saturated carbocycles. The molecule has 3 heteroatoms. The quantitative estimate of drug-likeness (QED) is 0.693. The zero-order valence-corrected chi connectivity index (χ0v) is 8.52. The molecule has 0 saturated heterocycles. The van der Waals surface area contributed by atoms with Crippen molar-refractivity contribution >= 4 is 5.69 Å². The van der Waals surface area contributed by atoms with E-state index in [0.29, 0.717) is 17.8 Å². The summed E-state index contributed by atoms with van der Waals surface area (Å²) in [5.41, 5.74) is 0.220. The van der Waals surface area contributed by atoms with Crippen molar-refractivity contribution in [3.05, 3.63) is 26.0 Å². The molecule has 0 aliphatic heterocycles. The zero-order chi connectivity index (χ0) is 10.2. The Morgan fingerprint density at radius 1 is 1.15 bits per heavy atom. The average molecular weight is 181 g/mol. The number of hydrogen-bond donors (Lipinski definition) is 1. The maximum atomic E-state index is 11.2. The summed E-state index contributed by atoms with van der Waals surface area (Å²) in [7, 11) is 0. The lowest BCUT2D eigenvalue weighted by Gasteiger charge is -2.23. The third kappa shape index (κ3) is 1.50. The SMILES string of the molecule is CCNc1c(C(C)(C)C)c(=O)c1=O. The largest absolute Gasteiger partial charge is 0.382 e. The van der Waals surface area contributed by atoms with Crippen LogP contribution in [-0.2, 0) is 5.41 Å². The van der Waals surface area contributed by atoms with Gasteiger partial charge in [-0.2, -0.15) is 0 Å². The van der Waals surface area contributed by atoms with Crippen LogP contribution in [0.25, 0.3) is 0 Å². The van der Waals surface area contributed by atoms with E-state index < -0.39 is 0 Å². The van der Waals surface area contributed by atoms with E-state index in [4.69, 9.17) is 0 Å². The summed E-state index contributed by atoms with van der Waals surface area (Å²) >= 11 is 0. The van der Waals surface area contributed by atoms with Gasteiger partial charge in [-0.25, -0.2) is 0 Å². The molecule has 1 aromatic rings. The molecule has 3 nitrogen and oxygen atoms in total. The molecule has 1 N–H and O–H groups in total. The second kappa shape index (κ2) is 2.98. The summed E-state index contributed by atoms with van der Waals surface area (Å²) in [5.74, 6) is 0. The molecule has 13 heavy (non-hydrogen) atoms. The highest BCUT2D eigenvalue weighted by atomic mass is 16.2. The number of nitrogens with one attached hydrogen (secondary N) is 1. The molecule has 1 rings (SSSR count). The van der Waals surface area contributed by atoms with Crippen LogP contribution in [0.1, 0.15) is 33.3 Å². The third-order valence-electron chi connectivity index (χ3n) is 2.01. The van der Waals surface area contributed by atoms with Gasteiger partial charge in [0.2, 0.25) is 10.9 Å². The molecule has 0 amide bonds. The summed E-state index contributed by atoms with van der Waals surface area (Å²) in [6.07, 6.45) is 0. The van der Waals surface area contributed by atoms with Crippen molar-refractivity contribution in [2.75, 3.05) is 11.9 Å². The van der Waals surface area contributed by atoms with Crippen LogP contribution in [0, 0.1) is 0 Å². The van der Waals surface area contributed by atoms with Crippen LogP contribution in [-0.4, -0.2) is 6.54 Å². The molecule has 72 valence electrons. The average Bonchev–Trinajstić information content (AvgIpc) is 2.01. The number of anilines is 1. The Hall–Kier alpha value is -1.12. The zero-order valence-electron chi connectivity index (χ0n) is 8.52. The first-order valence-corrected chi connectivity index (χ1v) is 4.47. The third-order valence-corrected chi connectivity index (χ3v) is 2.01. The minimum atomic E-state index is -0.369. The van der Waals surface area contributed by atoms with E-state index in [2.05, 4.69) is 5.32 Å². The lowest BCUT2D eigenvalue weighted by atomic mass is 9.82. The lowest BCUT2D eigenvalue weighted by molar-refractivity contribution is 0.580. The van der Waals surface area contributed by atoms with E-state index in [-0.39, 0.29) is 16.3 Å². The second-order valence-corrected chi connectivity index (χ2v) is 4.19. The van der Waals surface area contributed by atoms with Gasteiger partial charge in [0.1, 0.15) is 0 Å². The smallest absolute Gasteiger partial charge is 0.249 e. The summed E-state index contributed by atoms with van der Waals surface area (Å²) in [4.78, 5) is 22.4. The molecule has 0 atom stereocenters. The Labute approximate surface area is 77.5 Å². The van der Waals surface area contributed by atoms with Crippen LogP contribution in [0.15, 0.2) is 9.59 Å². The van der Waals surface area contributed by atoms with Crippen molar-refractivity contribution in [3.8, 4) is 0 Å². The highest BCUT2D eigenvalue weighted by molar-refractivity contribution is 5.59. The summed E-state index contributed by atoms with van der Waals surface area (Å²) in [5, 5.41) is 2.93. The van der Waals surface area contributed by atoms with E-state index in [1.54, 1.807) is 0 Å². The van der Waals surface area contributed by atoms with Gasteiger partial charge in [-0.05, 0) is 12.3 Å². The van der Waals surface area contributed by atoms with Crippen LogP contribution in [0.3, 0.4) is 0 Å². The second-order valence-electron chi connectivity index (χ2n) is 4.19. The topological polar surface area (TPSA) is 46.2 Å². The van der Waals surface area contributed by atoms with Gasteiger partial charge >= 0.3 is 0 Å². The fourth-order valence-electron chi connectivity index (χ4n) is 1.45. The van der Waals surface area contributed by atoms with Gasteiger partial charge in [0.25, 0.3) is 0 Å². The first-order valence-electron chi connectivity index (χ1n) is 4.47. The van der Waals surface area contributed by atoms with Crippen LogP contribution in [0.5, 0.6) is 0 Å². The minimum absolute atomic E-state index is 0.234. The molecule has 0 fully saturated rings. The molecule has 1 aromatic carbocycles. The fourth-order valence-corrected chi connectivity index (χ4v) is 1.45. The van der Waals surface area contributed by atoms with E-state index >= 15 is 0 Å². The van der Waals surface area contributed by atoms with Crippen molar-refractivity contribution in [1.82, 2.24) is 0 Å². The minimum Gasteiger partial charge on any atom is -0.382 e. The highest BCUT2D eigenvalue weighted by Gasteiger charge is 2.29. The molecule has 0 spiro atoms. The summed E-state index contributed by atoms with van der Waals surface area (Å²) in [6, 6.07) is 0. The molecule has 0 radical (unpaired) electrons. The first kappa shape index (κ1) is 9.96. The molecule has 0 bridgehead atoms. The van der Waals surface area contributed by atoms with E-state index in [1.165, 1.54) is 0 Å². The van der Waals surface area contributed by atoms with Crippen molar-refractivity contribution in [1.29, 1.82) is 0 Å². The molecule has 0 aliphatic carbocycles. The van der Waals surface area contributed by atoms with E-state index in [9.17, 15) is 9.59 Å². The molecule has 0 aliphatic rings. The van der Waals surface area contributed by atoms with Crippen molar-refractivity contribution in [2.45, 2.75) is 33.1 Å². The Bertz CT molecular complexity index is 378. The van der Waals surface area contributed by atoms with Crippen molar-refractivity contribution in [2.24, 2.45) is 0 Å². The summed E-state index contributed by atoms with van der Waals surface area (Å²) in [6.45, 7) is 8.38. The van der Waals surface area contributed by atoms with Crippen LogP contribution < -0.4 is 16.2 Å². The Balaban J connectivity index is 3.17. The molecular formula is C10H15NO2. The van der Waals surface area contributed by atoms with Gasteiger partial charge in [-0.3, -0.25) is 9.59 Å². The van der Waals surface area contributed by atoms with Crippen LogP contribution in [0.4, 0.5) is 5.69 Å². The first-order chi connectivity index (χ1) is 5.89. The van der Waals surface area contributed by atoms with Gasteiger partial charge in [-0.1, -0.05) is 20.8 Å². The van der Waals surface area contributed by atoms with Gasteiger partial charge in [0, 0.05) is 12.1 Å². The Morgan fingerprint density at radius 3 is 2.08 bits per heavy atom. The normalized spacial score (nSPS) is 12.0. The number of rotatable bonds is 2. The molecule has 0 heterocycles. The predicted molar refractivity (Wildman–Crippen MR) is 54.2 cm³/mol.